The van der Waals surface area contributed by atoms with E-state index in [1.807, 2.05) is 116 Å². The minimum Gasteiger partial charge on any atom is -0.477 e. The first-order valence-corrected chi connectivity index (χ1v) is 18.8. The molecule has 7 rings (SSSR count). The molecule has 9 nitrogen and oxygen atoms in total. The van der Waals surface area contributed by atoms with Gasteiger partial charge in [0.15, 0.2) is 16.6 Å². The van der Waals surface area contributed by atoms with Crippen LogP contribution in [0.1, 0.15) is 76.7 Å². The highest BCUT2D eigenvalue weighted by atomic mass is 32.2. The third kappa shape index (κ3) is 6.88. The van der Waals surface area contributed by atoms with E-state index < -0.39 is 11.5 Å². The minimum absolute atomic E-state index is 0.0822. The lowest BCUT2D eigenvalue weighted by Gasteiger charge is -2.36. The molecule has 7 aromatic rings. The van der Waals surface area contributed by atoms with Crippen molar-refractivity contribution in [2.24, 2.45) is 0 Å². The van der Waals surface area contributed by atoms with Crippen LogP contribution in [0.5, 0.6) is 0 Å². The fourth-order valence-electron chi connectivity index (χ4n) is 7.31. The van der Waals surface area contributed by atoms with Crippen LogP contribution < -0.4 is 0 Å². The van der Waals surface area contributed by atoms with Gasteiger partial charge in [0.1, 0.15) is 11.4 Å². The number of thioether (sulfide) groups is 1. The predicted octanol–water partition coefficient (Wildman–Crippen LogP) is 9.08. The molecule has 0 aliphatic rings. The van der Waals surface area contributed by atoms with Crippen LogP contribution in [0, 0.1) is 0 Å². The Kier molecular flexibility index (Phi) is 10.6. The maximum Gasteiger partial charge on any atom is 0.354 e. The Morgan fingerprint density at radius 1 is 0.759 bits per heavy atom. The summed E-state index contributed by atoms with van der Waals surface area (Å²) < 4.78 is 3.72. The number of imidazole rings is 1. The molecule has 10 heteroatoms. The second kappa shape index (κ2) is 15.9. The summed E-state index contributed by atoms with van der Waals surface area (Å²) in [4.78, 5) is 29.3. The Morgan fingerprint density at radius 2 is 1.30 bits per heavy atom. The quantitative estimate of drug-likeness (QED) is 0.117. The van der Waals surface area contributed by atoms with Gasteiger partial charge in [-0.2, -0.15) is 0 Å². The molecule has 2 heterocycles. The van der Waals surface area contributed by atoms with E-state index in [1.165, 1.54) is 6.92 Å². The number of nitrogens with zero attached hydrogens (tertiary/aromatic N) is 6. The summed E-state index contributed by atoms with van der Waals surface area (Å²) in [6.45, 7) is 5.68. The summed E-state index contributed by atoms with van der Waals surface area (Å²) in [5.74, 6) is 0.239. The highest BCUT2D eigenvalue weighted by Gasteiger charge is 2.42. The van der Waals surface area contributed by atoms with E-state index >= 15 is 0 Å². The van der Waals surface area contributed by atoms with Gasteiger partial charge in [0.05, 0.1) is 10.9 Å². The number of hydrogen-bond acceptors (Lipinski definition) is 7. The van der Waals surface area contributed by atoms with Crippen molar-refractivity contribution >= 4 is 22.8 Å². The molecule has 0 spiro atoms. The van der Waals surface area contributed by atoms with E-state index in [0.29, 0.717) is 30.3 Å². The Hall–Kier alpha value is -6.13. The van der Waals surface area contributed by atoms with E-state index in [2.05, 4.69) is 52.8 Å². The highest BCUT2D eigenvalue weighted by molar-refractivity contribution is 8.13. The van der Waals surface area contributed by atoms with Crippen LogP contribution in [0.4, 0.5) is 0 Å². The summed E-state index contributed by atoms with van der Waals surface area (Å²) in [5, 5.41) is 23.6. The Morgan fingerprint density at radius 3 is 1.81 bits per heavy atom. The molecule has 0 saturated carbocycles. The average Bonchev–Trinajstić information content (AvgIpc) is 3.83. The van der Waals surface area contributed by atoms with Gasteiger partial charge in [-0.15, -0.1) is 5.10 Å². The molecule has 0 saturated heterocycles. The van der Waals surface area contributed by atoms with Crippen LogP contribution in [0.15, 0.2) is 140 Å². The minimum atomic E-state index is -1.06. The van der Waals surface area contributed by atoms with Crippen molar-refractivity contribution in [3.05, 3.63) is 179 Å². The molecule has 0 aliphatic carbocycles. The summed E-state index contributed by atoms with van der Waals surface area (Å²) in [6, 6.07) is 47.2. The molecule has 54 heavy (non-hydrogen) atoms. The number of hydrogen-bond donors (Lipinski definition) is 1. The standard InChI is InChI=1S/C44H40N6O3S/c1-4-16-39-45-40(30(2)54-31(3)51)41(43(52)53)49(39)29-32-25-27-33(28-26-32)37-23-14-15-24-38(37)42-46-47-48-50(42)44(34-17-8-5-9-18-34,35-19-10-6-11-20-35)36-21-12-7-13-22-36/h5-15,17-28,30H,4,16,29H2,1-3H3,(H,52,53). The summed E-state index contributed by atoms with van der Waals surface area (Å²) in [5.41, 5.74) is 6.37. The van der Waals surface area contributed by atoms with Crippen molar-refractivity contribution in [2.45, 2.75) is 50.9 Å². The van der Waals surface area contributed by atoms with Gasteiger partial charge < -0.3 is 9.67 Å². The zero-order valence-corrected chi connectivity index (χ0v) is 31.1. The van der Waals surface area contributed by atoms with Gasteiger partial charge in [0.2, 0.25) is 0 Å². The lowest BCUT2D eigenvalue weighted by molar-refractivity contribution is -0.109. The van der Waals surface area contributed by atoms with Crippen LogP contribution in [0.2, 0.25) is 0 Å². The van der Waals surface area contributed by atoms with E-state index in [4.69, 9.17) is 10.2 Å². The van der Waals surface area contributed by atoms with Gasteiger partial charge in [-0.25, -0.2) is 14.5 Å². The first-order chi connectivity index (χ1) is 26.3. The molecule has 0 radical (unpaired) electrons. The van der Waals surface area contributed by atoms with E-state index in [-0.39, 0.29) is 16.1 Å². The third-order valence-electron chi connectivity index (χ3n) is 9.61. The highest BCUT2D eigenvalue weighted by Crippen LogP contribution is 2.43. The van der Waals surface area contributed by atoms with Gasteiger partial charge in [0.25, 0.3) is 0 Å². The average molecular weight is 733 g/mol. The summed E-state index contributed by atoms with van der Waals surface area (Å²) in [6.07, 6.45) is 1.42. The number of carboxylic acid groups (broad SMARTS) is 1. The number of benzene rings is 5. The molecular formula is C44H40N6O3S. The molecule has 0 fully saturated rings. The van der Waals surface area contributed by atoms with Crippen molar-refractivity contribution in [1.29, 1.82) is 0 Å². The molecule has 0 aliphatic heterocycles. The van der Waals surface area contributed by atoms with Crippen LogP contribution in [0.25, 0.3) is 22.5 Å². The number of aryl methyl sites for hydroxylation is 1. The van der Waals surface area contributed by atoms with Gasteiger partial charge in [0, 0.05) is 25.5 Å². The normalized spacial score (nSPS) is 12.1. The molecule has 1 N–H and O–H groups in total. The fraction of sp³-hybridized carbons (Fsp3) is 0.182. The molecule has 270 valence electrons. The second-order valence-corrected chi connectivity index (χ2v) is 14.6. The van der Waals surface area contributed by atoms with Crippen molar-refractivity contribution < 1.29 is 14.7 Å². The number of rotatable bonds is 13. The lowest BCUT2D eigenvalue weighted by Crippen LogP contribution is -2.39. The van der Waals surface area contributed by atoms with E-state index in [9.17, 15) is 14.7 Å². The predicted molar refractivity (Wildman–Crippen MR) is 212 cm³/mol. The van der Waals surface area contributed by atoms with Crippen molar-refractivity contribution in [3.63, 3.8) is 0 Å². The van der Waals surface area contributed by atoms with E-state index in [0.717, 1.165) is 57.1 Å². The fourth-order valence-corrected chi connectivity index (χ4v) is 8.08. The Labute approximate surface area is 318 Å². The Balaban J connectivity index is 1.32. The molecule has 1 unspecified atom stereocenters. The van der Waals surface area contributed by atoms with Crippen molar-refractivity contribution in [2.75, 3.05) is 0 Å². The molecule has 5 aromatic carbocycles. The Bertz CT molecular complexity index is 2280. The summed E-state index contributed by atoms with van der Waals surface area (Å²) >= 11 is 1.09. The number of tetrazole rings is 1. The number of carboxylic acids is 1. The number of aromatic carboxylic acids is 1. The zero-order valence-electron chi connectivity index (χ0n) is 30.3. The largest absolute Gasteiger partial charge is 0.477 e. The maximum atomic E-state index is 12.6. The number of carbonyl (C=O) groups is 2. The smallest absolute Gasteiger partial charge is 0.354 e. The second-order valence-electron chi connectivity index (χ2n) is 13.1. The maximum absolute atomic E-state index is 12.6. The van der Waals surface area contributed by atoms with Gasteiger partial charge in [-0.05, 0) is 57.2 Å². The zero-order chi connectivity index (χ0) is 37.7. The molecule has 2 aromatic heterocycles. The first kappa shape index (κ1) is 36.2. The van der Waals surface area contributed by atoms with E-state index in [1.54, 1.807) is 4.57 Å². The number of carbonyl (C=O) groups excluding carboxylic acids is 1. The van der Waals surface area contributed by atoms with Crippen molar-refractivity contribution in [3.8, 4) is 22.5 Å². The molecule has 1 atom stereocenters. The van der Waals surface area contributed by atoms with Gasteiger partial charge in [-0.3, -0.25) is 4.79 Å². The number of aromatic nitrogens is 6. The third-order valence-corrected chi connectivity index (χ3v) is 10.5. The lowest BCUT2D eigenvalue weighted by atomic mass is 9.77. The summed E-state index contributed by atoms with van der Waals surface area (Å²) in [7, 11) is 0. The van der Waals surface area contributed by atoms with Crippen LogP contribution in [0.3, 0.4) is 0 Å². The van der Waals surface area contributed by atoms with Crippen LogP contribution in [-0.4, -0.2) is 45.9 Å². The SMILES string of the molecule is CCCc1nc(C(C)SC(C)=O)c(C(=O)O)n1Cc1ccc(-c2ccccc2-c2nnnn2C(c2ccccc2)(c2ccccc2)c2ccccc2)cc1. The monoisotopic (exact) mass is 732 g/mol. The van der Waals surface area contributed by atoms with Crippen LogP contribution in [-0.2, 0) is 23.3 Å². The van der Waals surface area contributed by atoms with Gasteiger partial charge in [-0.1, -0.05) is 158 Å². The molecule has 0 bridgehead atoms. The van der Waals surface area contributed by atoms with Crippen LogP contribution >= 0.6 is 11.8 Å². The first-order valence-electron chi connectivity index (χ1n) is 18.0. The molecule has 0 amide bonds. The topological polar surface area (TPSA) is 116 Å². The van der Waals surface area contributed by atoms with Crippen molar-refractivity contribution in [1.82, 2.24) is 29.8 Å². The molecular weight excluding hydrogens is 693 g/mol. The van der Waals surface area contributed by atoms with Gasteiger partial charge >= 0.3 is 5.97 Å².